The normalized spacial score (nSPS) is 25.0. The molecule has 5 heterocycles. The molecule has 2 aromatic rings. The van der Waals surface area contributed by atoms with E-state index >= 15 is 0 Å². The third kappa shape index (κ3) is 8.58. The van der Waals surface area contributed by atoms with Crippen LogP contribution in [0.4, 0.5) is 26.3 Å². The molecule has 2 saturated carbocycles. The number of carbonyl (C=O) groups excluding carboxylic acids is 5. The molecule has 60 heavy (non-hydrogen) atoms. The van der Waals surface area contributed by atoms with Crippen LogP contribution in [0.1, 0.15) is 73.4 Å². The molecule has 6 fully saturated rings. The lowest BCUT2D eigenvalue weighted by atomic mass is 9.70. The van der Waals surface area contributed by atoms with Crippen LogP contribution in [-0.4, -0.2) is 127 Å². The number of nitrogens with one attached hydrogen (secondary N) is 2. The molecule has 1 aromatic heterocycles. The van der Waals surface area contributed by atoms with Gasteiger partial charge in [-0.1, -0.05) is 18.2 Å². The minimum absolute atomic E-state index is 0.0121. The lowest BCUT2D eigenvalue weighted by molar-refractivity contribution is -0.205. The smallest absolute Gasteiger partial charge is 0.416 e. The van der Waals surface area contributed by atoms with Crippen LogP contribution < -0.4 is 10.6 Å². The van der Waals surface area contributed by atoms with Gasteiger partial charge in [0.2, 0.25) is 17.7 Å². The average Bonchev–Trinajstić information content (AvgIpc) is 3.75. The highest BCUT2D eigenvalue weighted by atomic mass is 19.4. The number of hydrogen-bond donors (Lipinski definition) is 2. The SMILES string of the molecule is COC(=O)CCNC(=O)[C@@H](NC(=O)[C@@H]1CN(C(=O)c2cnn(Cc3ccccc3C(F)(F)F)c2)CC12CN(C(=O)C1(C(F)(F)F)CC1)C2)[C@@H](C)OCC12CCC(CC1)OC2. The van der Waals surface area contributed by atoms with E-state index in [0.29, 0.717) is 6.61 Å². The van der Waals surface area contributed by atoms with Gasteiger partial charge < -0.3 is 34.6 Å². The van der Waals surface area contributed by atoms with Gasteiger partial charge in [0.25, 0.3) is 5.91 Å². The molecular formula is C40H48F6N6O8. The third-order valence-corrected chi connectivity index (χ3v) is 13.0. The lowest BCUT2D eigenvalue weighted by Gasteiger charge is -2.51. The van der Waals surface area contributed by atoms with Crippen molar-refractivity contribution in [3.63, 3.8) is 0 Å². The Morgan fingerprint density at radius 3 is 2.28 bits per heavy atom. The number of aromatic nitrogens is 2. The van der Waals surface area contributed by atoms with Crippen LogP contribution in [0.2, 0.25) is 0 Å². The number of methoxy groups -OCH3 is 1. The van der Waals surface area contributed by atoms with E-state index in [9.17, 15) is 50.3 Å². The predicted octanol–water partition coefficient (Wildman–Crippen LogP) is 3.72. The van der Waals surface area contributed by atoms with Crippen LogP contribution in [0.25, 0.3) is 0 Å². The Hall–Kier alpha value is -4.72. The summed E-state index contributed by atoms with van der Waals surface area (Å²) in [6.45, 7) is 0.957. The van der Waals surface area contributed by atoms with E-state index in [1.807, 2.05) is 0 Å². The Balaban J connectivity index is 1.10. The Morgan fingerprint density at radius 1 is 0.983 bits per heavy atom. The van der Waals surface area contributed by atoms with Crippen molar-refractivity contribution in [2.75, 3.05) is 53.0 Å². The highest BCUT2D eigenvalue weighted by Gasteiger charge is 2.71. The first-order valence-corrected chi connectivity index (χ1v) is 20.0. The summed E-state index contributed by atoms with van der Waals surface area (Å²) in [6, 6.07) is 3.61. The molecule has 328 valence electrons. The molecule has 20 heteroatoms. The summed E-state index contributed by atoms with van der Waals surface area (Å²) < 4.78 is 101. The van der Waals surface area contributed by atoms with Crippen LogP contribution in [0, 0.1) is 22.2 Å². The van der Waals surface area contributed by atoms with E-state index in [2.05, 4.69) is 20.5 Å². The van der Waals surface area contributed by atoms with Crippen molar-refractivity contribution in [1.29, 1.82) is 0 Å². The molecule has 4 aliphatic heterocycles. The van der Waals surface area contributed by atoms with Crippen LogP contribution in [0.15, 0.2) is 36.7 Å². The minimum Gasteiger partial charge on any atom is -0.469 e. The molecule has 2 N–H and O–H groups in total. The van der Waals surface area contributed by atoms with Crippen molar-refractivity contribution in [3.8, 4) is 0 Å². The van der Waals surface area contributed by atoms with Crippen LogP contribution in [0.3, 0.4) is 0 Å². The molecule has 6 aliphatic rings. The average molecular weight is 855 g/mol. The van der Waals surface area contributed by atoms with Gasteiger partial charge in [0.1, 0.15) is 11.5 Å². The van der Waals surface area contributed by atoms with Gasteiger partial charge in [-0.25, -0.2) is 0 Å². The predicted molar refractivity (Wildman–Crippen MR) is 197 cm³/mol. The minimum atomic E-state index is -4.77. The first kappa shape index (κ1) is 43.4. The summed E-state index contributed by atoms with van der Waals surface area (Å²) in [5, 5.41) is 9.49. The second-order valence-electron chi connectivity index (χ2n) is 17.1. The molecule has 0 radical (unpaired) electrons. The van der Waals surface area contributed by atoms with Crippen LogP contribution in [-0.2, 0) is 46.1 Å². The number of fused-ring (bicyclic) bond motifs is 3. The van der Waals surface area contributed by atoms with Gasteiger partial charge >= 0.3 is 18.3 Å². The molecule has 2 aliphatic carbocycles. The van der Waals surface area contributed by atoms with Crippen molar-refractivity contribution in [2.24, 2.45) is 22.2 Å². The first-order chi connectivity index (χ1) is 28.3. The number of esters is 1. The van der Waals surface area contributed by atoms with Crippen molar-refractivity contribution in [3.05, 3.63) is 53.3 Å². The van der Waals surface area contributed by atoms with Crippen molar-refractivity contribution >= 4 is 29.6 Å². The zero-order chi connectivity index (χ0) is 43.3. The van der Waals surface area contributed by atoms with Crippen molar-refractivity contribution in [1.82, 2.24) is 30.2 Å². The molecule has 8 rings (SSSR count). The molecule has 3 atom stereocenters. The maximum Gasteiger partial charge on any atom is 0.416 e. The van der Waals surface area contributed by atoms with Gasteiger partial charge in [0, 0.05) is 49.8 Å². The maximum atomic E-state index is 14.4. The number of likely N-dealkylation sites (tertiary alicyclic amines) is 2. The Bertz CT molecular complexity index is 1960. The lowest BCUT2D eigenvalue weighted by Crippen LogP contribution is -2.67. The molecule has 1 aromatic carbocycles. The fourth-order valence-electron chi connectivity index (χ4n) is 9.11. The topological polar surface area (TPSA) is 161 Å². The molecule has 4 saturated heterocycles. The molecule has 1 spiro atoms. The number of alkyl halides is 6. The van der Waals surface area contributed by atoms with Gasteiger partial charge in [-0.3, -0.25) is 28.7 Å². The molecule has 0 unspecified atom stereocenters. The zero-order valence-corrected chi connectivity index (χ0v) is 33.2. The van der Waals surface area contributed by atoms with Crippen LogP contribution in [0.5, 0.6) is 0 Å². The number of benzene rings is 1. The summed E-state index contributed by atoms with van der Waals surface area (Å²) >= 11 is 0. The summed E-state index contributed by atoms with van der Waals surface area (Å²) in [7, 11) is 1.20. The summed E-state index contributed by atoms with van der Waals surface area (Å²) in [5.41, 5.74) is -4.93. The molecular weight excluding hydrogens is 806 g/mol. The second-order valence-corrected chi connectivity index (χ2v) is 17.1. The third-order valence-electron chi connectivity index (χ3n) is 13.0. The quantitative estimate of drug-likeness (QED) is 0.213. The van der Waals surface area contributed by atoms with E-state index in [1.54, 1.807) is 6.92 Å². The van der Waals surface area contributed by atoms with E-state index in [1.165, 1.54) is 47.3 Å². The van der Waals surface area contributed by atoms with Gasteiger partial charge in [0.05, 0.1) is 68.7 Å². The van der Waals surface area contributed by atoms with Gasteiger partial charge in [-0.15, -0.1) is 0 Å². The summed E-state index contributed by atoms with van der Waals surface area (Å²) in [5.74, 6) is -4.82. The first-order valence-electron chi connectivity index (χ1n) is 20.0. The fourth-order valence-corrected chi connectivity index (χ4v) is 9.11. The van der Waals surface area contributed by atoms with Crippen molar-refractivity contribution in [2.45, 2.75) is 89.0 Å². The fraction of sp³-hybridized carbons (Fsp3) is 0.650. The van der Waals surface area contributed by atoms with E-state index < -0.39 is 76.4 Å². The van der Waals surface area contributed by atoms with Gasteiger partial charge in [0.15, 0.2) is 0 Å². The van der Waals surface area contributed by atoms with Crippen LogP contribution >= 0.6 is 0 Å². The number of ether oxygens (including phenoxy) is 3. The second kappa shape index (κ2) is 16.3. The maximum absolute atomic E-state index is 14.4. The molecule has 2 bridgehead atoms. The Kier molecular flexibility index (Phi) is 11.8. The molecule has 4 amide bonds. The van der Waals surface area contributed by atoms with Crippen molar-refractivity contribution < 1.29 is 64.5 Å². The van der Waals surface area contributed by atoms with Gasteiger partial charge in [-0.05, 0) is 57.1 Å². The number of hydrogen-bond acceptors (Lipinski definition) is 9. The molecule has 14 nitrogen and oxygen atoms in total. The van der Waals surface area contributed by atoms with E-state index in [-0.39, 0.29) is 87.8 Å². The van der Waals surface area contributed by atoms with E-state index in [4.69, 9.17) is 9.47 Å². The monoisotopic (exact) mass is 854 g/mol. The standard InChI is InChI=1S/C40H48F6N6O8/c1-24(59-22-36-10-7-27(8-11-36)60-23-36)31(33(55)47-14-9-30(53)58-2)49-32(54)29-18-50(19-37(29)20-51(21-37)35(57)38(12-13-38)40(44,45)46)34(56)26-15-48-52(17-26)16-25-5-3-4-6-28(25)39(41,42)43/h3-6,15,17,24,27,29,31H,7-14,16,18-23H2,1-2H3,(H,47,55)(H,49,54)/t24-,27?,29+,31+,36?/m1/s1. The number of rotatable bonds is 14. The number of nitrogens with zero attached hydrogens (tertiary/aromatic N) is 4. The Morgan fingerprint density at radius 2 is 1.67 bits per heavy atom. The van der Waals surface area contributed by atoms with E-state index in [0.717, 1.165) is 36.6 Å². The number of amides is 4. The summed E-state index contributed by atoms with van der Waals surface area (Å²) in [4.78, 5) is 69.5. The zero-order valence-electron chi connectivity index (χ0n) is 33.2. The highest BCUT2D eigenvalue weighted by molar-refractivity contribution is 5.96. The number of carbonyl (C=O) groups is 5. The highest BCUT2D eigenvalue weighted by Crippen LogP contribution is 2.60. The number of halogens is 6. The largest absolute Gasteiger partial charge is 0.469 e. The Labute approximate surface area is 341 Å². The summed E-state index contributed by atoms with van der Waals surface area (Å²) in [6.07, 6.45) is -5.05. The van der Waals surface area contributed by atoms with Gasteiger partial charge in [-0.2, -0.15) is 31.4 Å².